The summed E-state index contributed by atoms with van der Waals surface area (Å²) in [6, 6.07) is 44.6. The Labute approximate surface area is 240 Å². The number of aryl methyl sites for hydroxylation is 1. The fourth-order valence-corrected chi connectivity index (χ4v) is 5.80. The number of unbranched alkanes of at least 4 members (excludes halogenated alkanes) is 2. The van der Waals surface area contributed by atoms with Gasteiger partial charge in [-0.3, -0.25) is 0 Å². The van der Waals surface area contributed by atoms with Gasteiger partial charge in [0, 0.05) is 21.5 Å². The molecule has 0 saturated heterocycles. The Bertz CT molecular complexity index is 2020. The molecule has 0 bridgehead atoms. The van der Waals surface area contributed by atoms with Crippen LogP contribution in [0.15, 0.2) is 127 Å². The highest BCUT2D eigenvalue weighted by Gasteiger charge is 2.18. The topological polar surface area (TPSA) is 18.5 Å². The Kier molecular flexibility index (Phi) is 6.74. The number of rotatable bonds is 8. The molecule has 0 aliphatic heterocycles. The molecule has 2 nitrogen and oxygen atoms in total. The van der Waals surface area contributed by atoms with Crippen LogP contribution in [0.4, 0.5) is 0 Å². The molecular weight excluding hydrogens is 500 g/mol. The first-order valence-electron chi connectivity index (χ1n) is 14.6. The standard InChI is InChI=1S/C39H32O2/c1-2-3-4-11-27-18-23-36-37(24-27)39(41-33-22-20-29-13-6-8-15-31(29)26-33)35-17-10-9-16-34(35)38(36)40-32-21-19-28-12-5-7-14-30(28)25-32/h5-10,12-26H,2-4,11H2,1H3. The van der Waals surface area contributed by atoms with Gasteiger partial charge in [0.15, 0.2) is 0 Å². The molecule has 0 aromatic heterocycles. The molecule has 0 heterocycles. The average molecular weight is 533 g/mol. The van der Waals surface area contributed by atoms with Gasteiger partial charge in [-0.1, -0.05) is 117 Å². The molecular formula is C39H32O2. The maximum Gasteiger partial charge on any atom is 0.143 e. The summed E-state index contributed by atoms with van der Waals surface area (Å²) >= 11 is 0. The Hall–Kier alpha value is -4.82. The van der Waals surface area contributed by atoms with Crippen LogP contribution in [-0.4, -0.2) is 0 Å². The van der Waals surface area contributed by atoms with Crippen molar-refractivity contribution in [3.8, 4) is 23.0 Å². The normalized spacial score (nSPS) is 11.4. The van der Waals surface area contributed by atoms with Gasteiger partial charge in [-0.15, -0.1) is 0 Å². The van der Waals surface area contributed by atoms with Gasteiger partial charge in [-0.2, -0.15) is 0 Å². The summed E-state index contributed by atoms with van der Waals surface area (Å²) in [6.07, 6.45) is 4.66. The monoisotopic (exact) mass is 532 g/mol. The first-order chi connectivity index (χ1) is 20.3. The Balaban J connectivity index is 1.41. The summed E-state index contributed by atoms with van der Waals surface area (Å²) < 4.78 is 13.6. The zero-order chi connectivity index (χ0) is 27.6. The molecule has 0 N–H and O–H groups in total. The van der Waals surface area contributed by atoms with Gasteiger partial charge in [0.1, 0.15) is 23.0 Å². The third-order valence-corrected chi connectivity index (χ3v) is 7.94. The SMILES string of the molecule is CCCCCc1ccc2c(Oc3ccc4ccccc4c3)c3ccccc3c(Oc3ccc4ccccc4c3)c2c1. The molecule has 0 spiro atoms. The van der Waals surface area contributed by atoms with Crippen LogP contribution in [0.2, 0.25) is 0 Å². The van der Waals surface area contributed by atoms with Gasteiger partial charge >= 0.3 is 0 Å². The third-order valence-electron chi connectivity index (χ3n) is 7.94. The maximum atomic E-state index is 6.80. The smallest absolute Gasteiger partial charge is 0.143 e. The van der Waals surface area contributed by atoms with E-state index in [1.165, 1.54) is 35.6 Å². The number of hydrogen-bond donors (Lipinski definition) is 0. The molecule has 0 radical (unpaired) electrons. The molecule has 0 saturated carbocycles. The van der Waals surface area contributed by atoms with Crippen molar-refractivity contribution in [2.75, 3.05) is 0 Å². The average Bonchev–Trinajstić information content (AvgIpc) is 3.02. The number of hydrogen-bond acceptors (Lipinski definition) is 2. The molecule has 2 heteroatoms. The zero-order valence-electron chi connectivity index (χ0n) is 23.3. The van der Waals surface area contributed by atoms with Crippen molar-refractivity contribution >= 4 is 43.1 Å². The van der Waals surface area contributed by atoms with Gasteiger partial charge in [-0.05, 0) is 70.3 Å². The lowest BCUT2D eigenvalue weighted by molar-refractivity contribution is 0.486. The molecule has 7 aromatic carbocycles. The Morgan fingerprint density at radius 2 is 0.951 bits per heavy atom. The van der Waals surface area contributed by atoms with Crippen LogP contribution in [0, 0.1) is 0 Å². The van der Waals surface area contributed by atoms with E-state index in [0.29, 0.717) is 0 Å². The molecule has 200 valence electrons. The zero-order valence-corrected chi connectivity index (χ0v) is 23.3. The van der Waals surface area contributed by atoms with Crippen molar-refractivity contribution in [3.63, 3.8) is 0 Å². The van der Waals surface area contributed by atoms with E-state index < -0.39 is 0 Å². The van der Waals surface area contributed by atoms with E-state index in [-0.39, 0.29) is 0 Å². The van der Waals surface area contributed by atoms with Gasteiger partial charge < -0.3 is 9.47 Å². The largest absolute Gasteiger partial charge is 0.456 e. The Morgan fingerprint density at radius 3 is 1.54 bits per heavy atom. The van der Waals surface area contributed by atoms with Crippen LogP contribution in [0.25, 0.3) is 43.1 Å². The lowest BCUT2D eigenvalue weighted by atomic mass is 9.97. The molecule has 7 aromatic rings. The fraction of sp³-hybridized carbons (Fsp3) is 0.128. The molecule has 0 amide bonds. The van der Waals surface area contributed by atoms with Crippen molar-refractivity contribution in [2.24, 2.45) is 0 Å². The van der Waals surface area contributed by atoms with Gasteiger partial charge in [0.05, 0.1) is 0 Å². The van der Waals surface area contributed by atoms with E-state index in [4.69, 9.17) is 9.47 Å². The van der Waals surface area contributed by atoms with Crippen LogP contribution in [-0.2, 0) is 6.42 Å². The van der Waals surface area contributed by atoms with Crippen LogP contribution in [0.1, 0.15) is 31.7 Å². The minimum atomic E-state index is 0.824. The first-order valence-corrected chi connectivity index (χ1v) is 14.6. The molecule has 0 aliphatic carbocycles. The van der Waals surface area contributed by atoms with E-state index in [2.05, 4.69) is 134 Å². The van der Waals surface area contributed by atoms with E-state index in [1.54, 1.807) is 0 Å². The van der Waals surface area contributed by atoms with Crippen molar-refractivity contribution in [1.29, 1.82) is 0 Å². The summed E-state index contributed by atoms with van der Waals surface area (Å²) in [4.78, 5) is 0. The molecule has 0 atom stereocenters. The minimum absolute atomic E-state index is 0.824. The Morgan fingerprint density at radius 1 is 0.439 bits per heavy atom. The molecule has 41 heavy (non-hydrogen) atoms. The summed E-state index contributed by atoms with van der Waals surface area (Å²) in [6.45, 7) is 2.25. The summed E-state index contributed by atoms with van der Waals surface area (Å²) in [7, 11) is 0. The predicted octanol–water partition coefficient (Wildman–Crippen LogP) is 11.6. The van der Waals surface area contributed by atoms with Crippen LogP contribution >= 0.6 is 0 Å². The van der Waals surface area contributed by atoms with E-state index in [9.17, 15) is 0 Å². The van der Waals surface area contributed by atoms with Gasteiger partial charge in [-0.25, -0.2) is 0 Å². The lowest BCUT2D eigenvalue weighted by Crippen LogP contribution is -1.95. The van der Waals surface area contributed by atoms with Crippen LogP contribution < -0.4 is 9.47 Å². The van der Waals surface area contributed by atoms with Crippen molar-refractivity contribution in [1.82, 2.24) is 0 Å². The second kappa shape index (κ2) is 11.0. The first kappa shape index (κ1) is 25.2. The van der Waals surface area contributed by atoms with Gasteiger partial charge in [0.25, 0.3) is 0 Å². The summed E-state index contributed by atoms with van der Waals surface area (Å²) in [5.41, 5.74) is 1.32. The highest BCUT2D eigenvalue weighted by atomic mass is 16.5. The number of benzene rings is 7. The molecule has 0 aliphatic rings. The fourth-order valence-electron chi connectivity index (χ4n) is 5.80. The third kappa shape index (κ3) is 4.98. The second-order valence-corrected chi connectivity index (χ2v) is 10.8. The quantitative estimate of drug-likeness (QED) is 0.143. The molecule has 7 rings (SSSR count). The second-order valence-electron chi connectivity index (χ2n) is 10.8. The van der Waals surface area contributed by atoms with Crippen LogP contribution in [0.5, 0.6) is 23.0 Å². The highest BCUT2D eigenvalue weighted by Crippen LogP contribution is 2.46. The number of fused-ring (bicyclic) bond motifs is 4. The van der Waals surface area contributed by atoms with Crippen LogP contribution in [0.3, 0.4) is 0 Å². The van der Waals surface area contributed by atoms with Crippen molar-refractivity contribution < 1.29 is 9.47 Å². The van der Waals surface area contributed by atoms with Gasteiger partial charge in [0.2, 0.25) is 0 Å². The molecule has 0 unspecified atom stereocenters. The van der Waals surface area contributed by atoms with E-state index in [1.807, 2.05) is 0 Å². The minimum Gasteiger partial charge on any atom is -0.456 e. The maximum absolute atomic E-state index is 6.80. The van der Waals surface area contributed by atoms with E-state index >= 15 is 0 Å². The summed E-state index contributed by atoms with van der Waals surface area (Å²) in [5, 5.41) is 8.91. The van der Waals surface area contributed by atoms with Crippen molar-refractivity contribution in [3.05, 3.63) is 133 Å². The molecule has 0 fully saturated rings. The predicted molar refractivity (Wildman–Crippen MR) is 173 cm³/mol. The van der Waals surface area contributed by atoms with Crippen molar-refractivity contribution in [2.45, 2.75) is 32.6 Å². The highest BCUT2D eigenvalue weighted by molar-refractivity contribution is 6.11. The summed E-state index contributed by atoms with van der Waals surface area (Å²) in [5.74, 6) is 3.38. The number of ether oxygens (including phenoxy) is 2. The van der Waals surface area contributed by atoms with E-state index in [0.717, 1.165) is 61.7 Å². The lowest BCUT2D eigenvalue weighted by Gasteiger charge is -2.19.